The minimum Gasteiger partial charge on any atom is -0.497 e. The van der Waals surface area contributed by atoms with Crippen molar-refractivity contribution in [3.8, 4) is 5.75 Å². The summed E-state index contributed by atoms with van der Waals surface area (Å²) >= 11 is 2.23. The second-order valence-corrected chi connectivity index (χ2v) is 6.12. The Kier molecular flexibility index (Phi) is 5.22. The number of carbonyl (C=O) groups is 1. The highest BCUT2D eigenvalue weighted by atomic mass is 127. The number of methoxy groups -OCH3 is 1. The molecule has 0 N–H and O–H groups in total. The van der Waals surface area contributed by atoms with Gasteiger partial charge in [-0.2, -0.15) is 0 Å². The molecule has 2 aromatic carbocycles. The Bertz CT molecular complexity index is 608. The molecule has 0 bridgehead atoms. The largest absolute Gasteiger partial charge is 0.497 e. The van der Waals surface area contributed by atoms with Crippen molar-refractivity contribution in [2.45, 2.75) is 13.0 Å². The van der Waals surface area contributed by atoms with E-state index >= 15 is 0 Å². The fourth-order valence-corrected chi connectivity index (χ4v) is 2.44. The number of hydrogen-bond donors (Lipinski definition) is 0. The second-order valence-electron chi connectivity index (χ2n) is 4.87. The van der Waals surface area contributed by atoms with Crippen LogP contribution in [0.3, 0.4) is 0 Å². The predicted octanol–water partition coefficient (Wildman–Crippen LogP) is 4.13. The number of rotatable bonds is 4. The minimum atomic E-state index is 0.00249. The van der Waals surface area contributed by atoms with Gasteiger partial charge in [0, 0.05) is 16.2 Å². The fraction of sp³-hybridized carbons (Fsp3) is 0.235. The third-order valence-corrected chi connectivity index (χ3v) is 4.31. The first-order valence-electron chi connectivity index (χ1n) is 6.69. The van der Waals surface area contributed by atoms with E-state index in [9.17, 15) is 4.79 Å². The highest BCUT2D eigenvalue weighted by molar-refractivity contribution is 14.1. The molecular formula is C17H18INO2. The average Bonchev–Trinajstić information content (AvgIpc) is 2.53. The first-order valence-corrected chi connectivity index (χ1v) is 7.77. The van der Waals surface area contributed by atoms with E-state index < -0.39 is 0 Å². The van der Waals surface area contributed by atoms with Gasteiger partial charge in [-0.25, -0.2) is 0 Å². The molecule has 0 fully saturated rings. The maximum Gasteiger partial charge on any atom is 0.254 e. The Morgan fingerprint density at radius 2 is 1.67 bits per heavy atom. The van der Waals surface area contributed by atoms with Crippen molar-refractivity contribution in [3.05, 3.63) is 63.2 Å². The number of nitrogens with zero attached hydrogens (tertiary/aromatic N) is 1. The van der Waals surface area contributed by atoms with Gasteiger partial charge in [-0.1, -0.05) is 12.1 Å². The van der Waals surface area contributed by atoms with Gasteiger partial charge in [-0.05, 0) is 71.5 Å². The molecule has 0 aliphatic heterocycles. The lowest BCUT2D eigenvalue weighted by Gasteiger charge is -2.25. The summed E-state index contributed by atoms with van der Waals surface area (Å²) in [7, 11) is 3.47. The number of ether oxygens (including phenoxy) is 1. The summed E-state index contributed by atoms with van der Waals surface area (Å²) in [5, 5.41) is 0. The molecule has 0 spiro atoms. The summed E-state index contributed by atoms with van der Waals surface area (Å²) < 4.78 is 6.28. The first-order chi connectivity index (χ1) is 10.0. The first kappa shape index (κ1) is 15.8. The number of carbonyl (C=O) groups excluding carboxylic acids is 1. The summed E-state index contributed by atoms with van der Waals surface area (Å²) in [4.78, 5) is 14.2. The van der Waals surface area contributed by atoms with Gasteiger partial charge < -0.3 is 9.64 Å². The van der Waals surface area contributed by atoms with Crippen LogP contribution in [-0.2, 0) is 0 Å². The maximum atomic E-state index is 12.5. The SMILES string of the molecule is COc1ccc(C(C)N(C)C(=O)c2ccc(I)cc2)cc1. The molecule has 0 aromatic heterocycles. The van der Waals surface area contributed by atoms with Crippen molar-refractivity contribution in [1.82, 2.24) is 4.90 Å². The zero-order valence-corrected chi connectivity index (χ0v) is 14.5. The molecule has 4 heteroatoms. The lowest BCUT2D eigenvalue weighted by Crippen LogP contribution is -2.29. The van der Waals surface area contributed by atoms with E-state index in [4.69, 9.17) is 4.74 Å². The molecule has 2 rings (SSSR count). The zero-order valence-electron chi connectivity index (χ0n) is 12.3. The van der Waals surface area contributed by atoms with E-state index in [1.165, 1.54) is 0 Å². The number of amides is 1. The van der Waals surface area contributed by atoms with Gasteiger partial charge >= 0.3 is 0 Å². The Morgan fingerprint density at radius 3 is 2.19 bits per heavy atom. The molecule has 0 saturated carbocycles. The van der Waals surface area contributed by atoms with Crippen molar-refractivity contribution >= 4 is 28.5 Å². The van der Waals surface area contributed by atoms with Crippen LogP contribution < -0.4 is 4.74 Å². The Balaban J connectivity index is 2.15. The summed E-state index contributed by atoms with van der Waals surface area (Å²) in [5.74, 6) is 0.840. The fourth-order valence-electron chi connectivity index (χ4n) is 2.08. The smallest absolute Gasteiger partial charge is 0.254 e. The predicted molar refractivity (Wildman–Crippen MR) is 92.7 cm³/mol. The molecule has 2 aromatic rings. The molecule has 1 amide bonds. The number of halogens is 1. The standard InChI is InChI=1S/C17H18INO2/c1-12(13-6-10-16(21-3)11-7-13)19(2)17(20)14-4-8-15(18)9-5-14/h4-12H,1-3H3. The van der Waals surface area contributed by atoms with Crippen LogP contribution in [-0.4, -0.2) is 25.0 Å². The van der Waals surface area contributed by atoms with Crippen LogP contribution in [0.5, 0.6) is 5.75 Å². The van der Waals surface area contributed by atoms with Gasteiger partial charge in [0.25, 0.3) is 5.91 Å². The molecule has 1 atom stereocenters. The van der Waals surface area contributed by atoms with Gasteiger partial charge in [-0.3, -0.25) is 4.79 Å². The topological polar surface area (TPSA) is 29.5 Å². The normalized spacial score (nSPS) is 11.8. The van der Waals surface area contributed by atoms with Crippen LogP contribution in [0.25, 0.3) is 0 Å². The van der Waals surface area contributed by atoms with Crippen LogP contribution in [0.1, 0.15) is 28.9 Å². The summed E-state index contributed by atoms with van der Waals surface area (Å²) in [5.41, 5.74) is 1.79. The molecule has 0 heterocycles. The minimum absolute atomic E-state index is 0.00249. The molecule has 0 aliphatic carbocycles. The van der Waals surface area contributed by atoms with Crippen LogP contribution in [0.4, 0.5) is 0 Å². The van der Waals surface area contributed by atoms with Crippen molar-refractivity contribution < 1.29 is 9.53 Å². The molecular weight excluding hydrogens is 377 g/mol. The van der Waals surface area contributed by atoms with Crippen LogP contribution in [0.2, 0.25) is 0 Å². The van der Waals surface area contributed by atoms with Crippen LogP contribution in [0, 0.1) is 3.57 Å². The van der Waals surface area contributed by atoms with Crippen LogP contribution >= 0.6 is 22.6 Å². The molecule has 0 saturated heterocycles. The lowest BCUT2D eigenvalue weighted by molar-refractivity contribution is 0.0742. The summed E-state index contributed by atoms with van der Waals surface area (Å²) in [6, 6.07) is 15.4. The van der Waals surface area contributed by atoms with Crippen molar-refractivity contribution in [2.75, 3.05) is 14.2 Å². The number of hydrogen-bond acceptors (Lipinski definition) is 2. The van der Waals surface area contributed by atoms with Crippen molar-refractivity contribution in [1.29, 1.82) is 0 Å². The highest BCUT2D eigenvalue weighted by Crippen LogP contribution is 2.23. The molecule has 0 aliphatic rings. The van der Waals surface area contributed by atoms with Gasteiger partial charge in [-0.15, -0.1) is 0 Å². The van der Waals surface area contributed by atoms with E-state index in [0.717, 1.165) is 14.9 Å². The van der Waals surface area contributed by atoms with Crippen LogP contribution in [0.15, 0.2) is 48.5 Å². The Hall–Kier alpha value is -1.56. The average molecular weight is 395 g/mol. The summed E-state index contributed by atoms with van der Waals surface area (Å²) in [6.45, 7) is 2.02. The molecule has 0 radical (unpaired) electrons. The van der Waals surface area contributed by atoms with E-state index in [1.54, 1.807) is 12.0 Å². The molecule has 1 unspecified atom stereocenters. The second kappa shape index (κ2) is 6.93. The van der Waals surface area contributed by atoms with Crippen molar-refractivity contribution in [3.63, 3.8) is 0 Å². The van der Waals surface area contributed by atoms with Crippen molar-refractivity contribution in [2.24, 2.45) is 0 Å². The number of benzene rings is 2. The highest BCUT2D eigenvalue weighted by Gasteiger charge is 2.18. The van der Waals surface area contributed by atoms with E-state index in [1.807, 2.05) is 62.5 Å². The Morgan fingerprint density at radius 1 is 1.10 bits per heavy atom. The monoisotopic (exact) mass is 395 g/mol. The molecule has 110 valence electrons. The zero-order chi connectivity index (χ0) is 15.4. The van der Waals surface area contributed by atoms with Gasteiger partial charge in [0.15, 0.2) is 0 Å². The molecule has 21 heavy (non-hydrogen) atoms. The van der Waals surface area contributed by atoms with E-state index in [2.05, 4.69) is 22.6 Å². The third-order valence-electron chi connectivity index (χ3n) is 3.59. The lowest BCUT2D eigenvalue weighted by atomic mass is 10.1. The van der Waals surface area contributed by atoms with Gasteiger partial charge in [0.1, 0.15) is 5.75 Å². The molecule has 3 nitrogen and oxygen atoms in total. The summed E-state index contributed by atoms with van der Waals surface area (Å²) in [6.07, 6.45) is 0. The maximum absolute atomic E-state index is 12.5. The quantitative estimate of drug-likeness (QED) is 0.729. The Labute approximate surface area is 139 Å². The van der Waals surface area contributed by atoms with E-state index in [-0.39, 0.29) is 11.9 Å². The van der Waals surface area contributed by atoms with Gasteiger partial charge in [0.2, 0.25) is 0 Å². The third kappa shape index (κ3) is 3.75. The van der Waals surface area contributed by atoms with E-state index in [0.29, 0.717) is 5.56 Å². The van der Waals surface area contributed by atoms with Gasteiger partial charge in [0.05, 0.1) is 13.2 Å².